The number of piperidine rings is 1. The third-order valence-corrected chi connectivity index (χ3v) is 6.67. The molecule has 5 nitrogen and oxygen atoms in total. The number of likely N-dealkylation sites (tertiary alicyclic amines) is 1. The molecule has 1 aliphatic heterocycles. The molecular weight excluding hydrogens is 360 g/mol. The summed E-state index contributed by atoms with van der Waals surface area (Å²) >= 11 is 0. The molecule has 1 N–H and O–H groups in total. The van der Waals surface area contributed by atoms with Crippen LogP contribution in [0.4, 0.5) is 0 Å². The largest absolute Gasteiger partial charge is 0.339 e. The SMILES string of the molecule is Cc1cccc(C(=O)N2CCC(NS(=O)(=O)c3ccc(C)cc3C)CC2)c1. The van der Waals surface area contributed by atoms with Crippen molar-refractivity contribution in [2.24, 2.45) is 0 Å². The summed E-state index contributed by atoms with van der Waals surface area (Å²) in [6.45, 7) is 6.81. The van der Waals surface area contributed by atoms with E-state index in [1.165, 1.54) is 0 Å². The predicted molar refractivity (Wildman–Crippen MR) is 106 cm³/mol. The van der Waals surface area contributed by atoms with Crippen LogP contribution in [0.1, 0.15) is 39.9 Å². The second-order valence-corrected chi connectivity index (χ2v) is 9.01. The van der Waals surface area contributed by atoms with E-state index in [0.717, 1.165) is 16.7 Å². The molecule has 1 aliphatic rings. The normalized spacial score (nSPS) is 15.7. The van der Waals surface area contributed by atoms with Gasteiger partial charge in [-0.05, 0) is 57.4 Å². The van der Waals surface area contributed by atoms with Crippen molar-refractivity contribution in [2.75, 3.05) is 13.1 Å². The first-order chi connectivity index (χ1) is 12.8. The molecule has 0 aliphatic carbocycles. The van der Waals surface area contributed by atoms with Crippen LogP contribution in [0.5, 0.6) is 0 Å². The molecule has 2 aromatic carbocycles. The molecule has 144 valence electrons. The molecular formula is C21H26N2O3S. The lowest BCUT2D eigenvalue weighted by atomic mass is 10.0. The number of sulfonamides is 1. The molecule has 0 aromatic heterocycles. The van der Waals surface area contributed by atoms with Gasteiger partial charge in [-0.2, -0.15) is 0 Å². The fourth-order valence-corrected chi connectivity index (χ4v) is 5.08. The first-order valence-electron chi connectivity index (χ1n) is 9.22. The fourth-order valence-electron chi connectivity index (χ4n) is 3.54. The maximum absolute atomic E-state index is 12.7. The smallest absolute Gasteiger partial charge is 0.253 e. The molecule has 6 heteroatoms. The highest BCUT2D eigenvalue weighted by Crippen LogP contribution is 2.20. The highest BCUT2D eigenvalue weighted by Gasteiger charge is 2.27. The molecule has 1 heterocycles. The standard InChI is InChI=1S/C21H26N2O3S/c1-15-5-4-6-18(14-15)21(24)23-11-9-19(10-12-23)22-27(25,26)20-8-7-16(2)13-17(20)3/h4-8,13-14,19,22H,9-12H2,1-3H3. The van der Waals surface area contributed by atoms with Crippen LogP contribution in [-0.4, -0.2) is 38.4 Å². The van der Waals surface area contributed by atoms with Crippen molar-refractivity contribution in [3.8, 4) is 0 Å². The first kappa shape index (κ1) is 19.6. The molecule has 0 bridgehead atoms. The van der Waals surface area contributed by atoms with Gasteiger partial charge >= 0.3 is 0 Å². The van der Waals surface area contributed by atoms with E-state index in [1.54, 1.807) is 11.0 Å². The number of rotatable bonds is 4. The summed E-state index contributed by atoms with van der Waals surface area (Å²) in [5.41, 5.74) is 3.52. The predicted octanol–water partition coefficient (Wildman–Crippen LogP) is 3.19. The lowest BCUT2D eigenvalue weighted by Crippen LogP contribution is -2.46. The molecule has 1 fully saturated rings. The number of nitrogens with zero attached hydrogens (tertiary/aromatic N) is 1. The van der Waals surface area contributed by atoms with Gasteiger partial charge in [0.05, 0.1) is 4.90 Å². The zero-order valence-corrected chi connectivity index (χ0v) is 16.8. The molecule has 0 spiro atoms. The van der Waals surface area contributed by atoms with Crippen LogP contribution in [0.3, 0.4) is 0 Å². The van der Waals surface area contributed by atoms with E-state index in [2.05, 4.69) is 4.72 Å². The summed E-state index contributed by atoms with van der Waals surface area (Å²) in [6, 6.07) is 12.7. The number of amides is 1. The minimum Gasteiger partial charge on any atom is -0.339 e. The molecule has 2 aromatic rings. The summed E-state index contributed by atoms with van der Waals surface area (Å²) in [7, 11) is -3.56. The van der Waals surface area contributed by atoms with Crippen molar-refractivity contribution >= 4 is 15.9 Å². The van der Waals surface area contributed by atoms with Crippen molar-refractivity contribution < 1.29 is 13.2 Å². The minimum absolute atomic E-state index is 0.00869. The highest BCUT2D eigenvalue weighted by atomic mass is 32.2. The van der Waals surface area contributed by atoms with E-state index in [1.807, 2.05) is 57.2 Å². The Balaban J connectivity index is 1.63. The number of benzene rings is 2. The molecule has 3 rings (SSSR count). The second kappa shape index (κ2) is 7.82. The van der Waals surface area contributed by atoms with Crippen molar-refractivity contribution in [1.82, 2.24) is 9.62 Å². The van der Waals surface area contributed by atoms with Crippen LogP contribution in [-0.2, 0) is 10.0 Å². The minimum atomic E-state index is -3.56. The summed E-state index contributed by atoms with van der Waals surface area (Å²) in [5.74, 6) is 0.00869. The third kappa shape index (κ3) is 4.57. The molecule has 0 atom stereocenters. The number of aryl methyl sites for hydroxylation is 3. The van der Waals surface area contributed by atoms with Gasteiger partial charge in [-0.15, -0.1) is 0 Å². The fraction of sp³-hybridized carbons (Fsp3) is 0.381. The van der Waals surface area contributed by atoms with Gasteiger partial charge in [0.2, 0.25) is 10.0 Å². The van der Waals surface area contributed by atoms with Gasteiger partial charge < -0.3 is 4.90 Å². The van der Waals surface area contributed by atoms with Crippen molar-refractivity contribution in [3.05, 3.63) is 64.7 Å². The molecule has 0 saturated carbocycles. The highest BCUT2D eigenvalue weighted by molar-refractivity contribution is 7.89. The number of carbonyl (C=O) groups excluding carboxylic acids is 1. The van der Waals surface area contributed by atoms with Crippen LogP contribution in [0.2, 0.25) is 0 Å². The van der Waals surface area contributed by atoms with Gasteiger partial charge in [0.25, 0.3) is 5.91 Å². The van der Waals surface area contributed by atoms with E-state index in [9.17, 15) is 13.2 Å². The van der Waals surface area contributed by atoms with Crippen LogP contribution in [0, 0.1) is 20.8 Å². The average molecular weight is 387 g/mol. The molecule has 1 saturated heterocycles. The third-order valence-electron chi connectivity index (χ3n) is 4.99. The lowest BCUT2D eigenvalue weighted by molar-refractivity contribution is 0.0711. The van der Waals surface area contributed by atoms with E-state index >= 15 is 0 Å². The van der Waals surface area contributed by atoms with Gasteiger partial charge in [0, 0.05) is 24.7 Å². The maximum Gasteiger partial charge on any atom is 0.253 e. The Morgan fingerprint density at radius 1 is 1.00 bits per heavy atom. The van der Waals surface area contributed by atoms with Gasteiger partial charge in [0.1, 0.15) is 0 Å². The number of hydrogen-bond donors (Lipinski definition) is 1. The van der Waals surface area contributed by atoms with Gasteiger partial charge in [-0.1, -0.05) is 35.4 Å². The monoisotopic (exact) mass is 386 g/mol. The maximum atomic E-state index is 12.7. The lowest BCUT2D eigenvalue weighted by Gasteiger charge is -2.32. The molecule has 0 unspecified atom stereocenters. The summed E-state index contributed by atoms with van der Waals surface area (Å²) in [5, 5.41) is 0. The van der Waals surface area contributed by atoms with Crippen molar-refractivity contribution in [3.63, 3.8) is 0 Å². The van der Waals surface area contributed by atoms with E-state index in [-0.39, 0.29) is 11.9 Å². The average Bonchev–Trinajstić information content (AvgIpc) is 2.61. The molecule has 1 amide bonds. The Kier molecular flexibility index (Phi) is 5.67. The van der Waals surface area contributed by atoms with Crippen LogP contribution in [0.25, 0.3) is 0 Å². The Labute approximate surface area is 161 Å². The first-order valence-corrected chi connectivity index (χ1v) is 10.7. The summed E-state index contributed by atoms with van der Waals surface area (Å²) < 4.78 is 28.2. The Bertz CT molecular complexity index is 946. The molecule has 27 heavy (non-hydrogen) atoms. The summed E-state index contributed by atoms with van der Waals surface area (Å²) in [4.78, 5) is 14.8. The van der Waals surface area contributed by atoms with E-state index < -0.39 is 10.0 Å². The molecule has 0 radical (unpaired) electrons. The van der Waals surface area contributed by atoms with Crippen LogP contribution in [0.15, 0.2) is 47.4 Å². The van der Waals surface area contributed by atoms with Crippen molar-refractivity contribution in [1.29, 1.82) is 0 Å². The zero-order valence-electron chi connectivity index (χ0n) is 16.0. The number of nitrogens with one attached hydrogen (secondary N) is 1. The van der Waals surface area contributed by atoms with Crippen molar-refractivity contribution in [2.45, 2.75) is 44.6 Å². The summed E-state index contributed by atoms with van der Waals surface area (Å²) in [6.07, 6.45) is 1.23. The van der Waals surface area contributed by atoms with Gasteiger partial charge in [-0.3, -0.25) is 4.79 Å². The van der Waals surface area contributed by atoms with Gasteiger partial charge in [-0.25, -0.2) is 13.1 Å². The Hall–Kier alpha value is -2.18. The van der Waals surface area contributed by atoms with E-state index in [4.69, 9.17) is 0 Å². The van der Waals surface area contributed by atoms with Crippen LogP contribution < -0.4 is 4.72 Å². The van der Waals surface area contributed by atoms with Gasteiger partial charge in [0.15, 0.2) is 0 Å². The Morgan fingerprint density at radius 3 is 2.30 bits per heavy atom. The number of carbonyl (C=O) groups is 1. The quantitative estimate of drug-likeness (QED) is 0.877. The Morgan fingerprint density at radius 2 is 1.67 bits per heavy atom. The zero-order chi connectivity index (χ0) is 19.6. The number of hydrogen-bond acceptors (Lipinski definition) is 3. The van der Waals surface area contributed by atoms with E-state index in [0.29, 0.717) is 36.4 Å². The van der Waals surface area contributed by atoms with Crippen LogP contribution >= 0.6 is 0 Å². The topological polar surface area (TPSA) is 66.5 Å². The second-order valence-electron chi connectivity index (χ2n) is 7.33.